The van der Waals surface area contributed by atoms with Crippen molar-refractivity contribution in [2.75, 3.05) is 6.54 Å². The second kappa shape index (κ2) is 2.66. The minimum absolute atomic E-state index is 0.772. The smallest absolute Gasteiger partial charge is 0.157 e. The first kappa shape index (κ1) is 7.25. The Hall–Kier alpha value is -0.180. The molecule has 0 saturated heterocycles. The highest BCUT2D eigenvalue weighted by molar-refractivity contribution is 8.14. The van der Waals surface area contributed by atoms with Crippen molar-refractivity contribution in [2.45, 2.75) is 37.0 Å². The lowest BCUT2D eigenvalue weighted by atomic mass is 10.3. The van der Waals surface area contributed by atoms with Gasteiger partial charge in [0.2, 0.25) is 0 Å². The summed E-state index contributed by atoms with van der Waals surface area (Å²) in [7, 11) is 0. The molecule has 66 valence electrons. The van der Waals surface area contributed by atoms with Gasteiger partial charge < -0.3 is 5.32 Å². The second-order valence-corrected chi connectivity index (χ2v) is 5.29. The Morgan fingerprint density at radius 3 is 2.75 bits per heavy atom. The monoisotopic (exact) mass is 182 g/mol. The Morgan fingerprint density at radius 2 is 2.08 bits per heavy atom. The van der Waals surface area contributed by atoms with Gasteiger partial charge in [0, 0.05) is 11.3 Å². The molecule has 1 unspecified atom stereocenters. The van der Waals surface area contributed by atoms with Gasteiger partial charge in [-0.1, -0.05) is 11.8 Å². The van der Waals surface area contributed by atoms with Crippen molar-refractivity contribution in [1.29, 1.82) is 0 Å². The summed E-state index contributed by atoms with van der Waals surface area (Å²) >= 11 is 1.99. The van der Waals surface area contributed by atoms with Crippen LogP contribution < -0.4 is 5.32 Å². The van der Waals surface area contributed by atoms with E-state index in [0.717, 1.165) is 23.8 Å². The molecule has 0 radical (unpaired) electrons. The minimum Gasteiger partial charge on any atom is -0.362 e. The maximum absolute atomic E-state index is 4.53. The van der Waals surface area contributed by atoms with Crippen LogP contribution in [0.1, 0.15) is 25.7 Å². The summed E-state index contributed by atoms with van der Waals surface area (Å²) in [5, 5.41) is 5.53. The number of amidine groups is 1. The molecule has 1 N–H and O–H groups in total. The van der Waals surface area contributed by atoms with Gasteiger partial charge in [-0.25, -0.2) is 0 Å². The minimum atomic E-state index is 0.772. The third kappa shape index (κ3) is 1.47. The Morgan fingerprint density at radius 1 is 1.25 bits per heavy atom. The van der Waals surface area contributed by atoms with Gasteiger partial charge in [0.1, 0.15) is 0 Å². The fourth-order valence-corrected chi connectivity index (χ4v) is 2.87. The van der Waals surface area contributed by atoms with E-state index in [0.29, 0.717) is 0 Å². The average molecular weight is 182 g/mol. The van der Waals surface area contributed by atoms with E-state index in [-0.39, 0.29) is 0 Å². The van der Waals surface area contributed by atoms with Crippen molar-refractivity contribution in [1.82, 2.24) is 5.32 Å². The topological polar surface area (TPSA) is 24.4 Å². The molecule has 3 rings (SSSR count). The van der Waals surface area contributed by atoms with Crippen molar-refractivity contribution >= 4 is 16.9 Å². The van der Waals surface area contributed by atoms with E-state index in [1.165, 1.54) is 30.9 Å². The van der Waals surface area contributed by atoms with E-state index < -0.39 is 0 Å². The summed E-state index contributed by atoms with van der Waals surface area (Å²) in [5.74, 6) is 0.997. The first-order chi connectivity index (χ1) is 5.92. The van der Waals surface area contributed by atoms with E-state index >= 15 is 0 Å². The normalized spacial score (nSPS) is 35.0. The van der Waals surface area contributed by atoms with Crippen LogP contribution in [-0.2, 0) is 0 Å². The molecule has 2 saturated carbocycles. The van der Waals surface area contributed by atoms with Gasteiger partial charge in [0.05, 0.1) is 6.54 Å². The van der Waals surface area contributed by atoms with Crippen LogP contribution in [0, 0.1) is 5.92 Å². The van der Waals surface area contributed by atoms with Crippen LogP contribution in [0.15, 0.2) is 4.99 Å². The maximum atomic E-state index is 4.53. The predicted octanol–water partition coefficient (Wildman–Crippen LogP) is 1.62. The Balaban J connectivity index is 1.52. The van der Waals surface area contributed by atoms with Crippen LogP contribution >= 0.6 is 11.8 Å². The molecule has 3 aliphatic rings. The molecule has 12 heavy (non-hydrogen) atoms. The van der Waals surface area contributed by atoms with E-state index in [1.54, 1.807) is 0 Å². The SMILES string of the molecule is C1CC1NC1=NCC(C2CC2)S1. The van der Waals surface area contributed by atoms with E-state index in [2.05, 4.69) is 10.3 Å². The van der Waals surface area contributed by atoms with Gasteiger partial charge in [-0.15, -0.1) is 0 Å². The van der Waals surface area contributed by atoms with Crippen molar-refractivity contribution in [3.8, 4) is 0 Å². The number of thioether (sulfide) groups is 1. The molecule has 0 spiro atoms. The summed E-state index contributed by atoms with van der Waals surface area (Å²) in [6, 6.07) is 0.772. The molecular weight excluding hydrogens is 168 g/mol. The number of hydrogen-bond acceptors (Lipinski definition) is 3. The van der Waals surface area contributed by atoms with E-state index in [4.69, 9.17) is 0 Å². The zero-order chi connectivity index (χ0) is 7.97. The molecule has 2 nitrogen and oxygen atoms in total. The highest BCUT2D eigenvalue weighted by Gasteiger charge is 2.36. The lowest BCUT2D eigenvalue weighted by molar-refractivity contribution is 0.772. The quantitative estimate of drug-likeness (QED) is 0.702. The molecule has 0 aromatic heterocycles. The zero-order valence-corrected chi connectivity index (χ0v) is 7.94. The molecule has 0 aromatic carbocycles. The average Bonchev–Trinajstić information content (AvgIpc) is 2.92. The molecule has 0 aromatic rings. The molecule has 1 aliphatic heterocycles. The van der Waals surface area contributed by atoms with Gasteiger partial charge in [-0.2, -0.15) is 0 Å². The second-order valence-electron chi connectivity index (χ2n) is 4.06. The number of hydrogen-bond donors (Lipinski definition) is 1. The van der Waals surface area contributed by atoms with Gasteiger partial charge in [0.25, 0.3) is 0 Å². The molecular formula is C9H14N2S. The molecule has 3 heteroatoms. The Kier molecular flexibility index (Phi) is 1.60. The van der Waals surface area contributed by atoms with Gasteiger partial charge >= 0.3 is 0 Å². The largest absolute Gasteiger partial charge is 0.362 e. The molecule has 1 atom stereocenters. The third-order valence-corrected chi connectivity index (χ3v) is 4.04. The molecule has 0 bridgehead atoms. The molecule has 2 fully saturated rings. The van der Waals surface area contributed by atoms with Crippen LogP contribution in [-0.4, -0.2) is 23.0 Å². The predicted molar refractivity (Wildman–Crippen MR) is 52.6 cm³/mol. The standard InChI is InChI=1S/C9H14N2S/c1-2-6(1)8-5-10-9(12-8)11-7-3-4-7/h6-8H,1-5H2,(H,10,11). The first-order valence-electron chi connectivity index (χ1n) is 4.89. The van der Waals surface area contributed by atoms with Crippen LogP contribution in [0.5, 0.6) is 0 Å². The Bertz CT molecular complexity index is 219. The number of nitrogens with zero attached hydrogens (tertiary/aromatic N) is 1. The van der Waals surface area contributed by atoms with Crippen LogP contribution in [0.3, 0.4) is 0 Å². The summed E-state index contributed by atoms with van der Waals surface area (Å²) in [5.41, 5.74) is 0. The molecule has 2 aliphatic carbocycles. The van der Waals surface area contributed by atoms with Crippen LogP contribution in [0.2, 0.25) is 0 Å². The van der Waals surface area contributed by atoms with Crippen molar-refractivity contribution in [3.63, 3.8) is 0 Å². The lowest BCUT2D eigenvalue weighted by Gasteiger charge is -2.05. The molecule has 0 amide bonds. The summed E-state index contributed by atoms with van der Waals surface area (Å²) in [4.78, 5) is 4.53. The van der Waals surface area contributed by atoms with Gasteiger partial charge in [-0.05, 0) is 31.6 Å². The highest BCUT2D eigenvalue weighted by atomic mass is 32.2. The van der Waals surface area contributed by atoms with E-state index in [9.17, 15) is 0 Å². The van der Waals surface area contributed by atoms with Gasteiger partial charge in [-0.3, -0.25) is 4.99 Å². The zero-order valence-electron chi connectivity index (χ0n) is 7.12. The van der Waals surface area contributed by atoms with Crippen molar-refractivity contribution < 1.29 is 0 Å². The fourth-order valence-electron chi connectivity index (χ4n) is 1.59. The van der Waals surface area contributed by atoms with Crippen molar-refractivity contribution in [3.05, 3.63) is 0 Å². The Labute approximate surface area is 77.2 Å². The van der Waals surface area contributed by atoms with Crippen LogP contribution in [0.4, 0.5) is 0 Å². The fraction of sp³-hybridized carbons (Fsp3) is 0.889. The highest BCUT2D eigenvalue weighted by Crippen LogP contribution is 2.41. The maximum Gasteiger partial charge on any atom is 0.157 e. The summed E-state index contributed by atoms with van der Waals surface area (Å²) < 4.78 is 0. The van der Waals surface area contributed by atoms with E-state index in [1.807, 2.05) is 11.8 Å². The molecule has 1 heterocycles. The van der Waals surface area contributed by atoms with Crippen molar-refractivity contribution in [2.24, 2.45) is 10.9 Å². The number of nitrogens with one attached hydrogen (secondary N) is 1. The lowest BCUT2D eigenvalue weighted by Crippen LogP contribution is -2.21. The number of rotatable bonds is 2. The van der Waals surface area contributed by atoms with Crippen LogP contribution in [0.25, 0.3) is 0 Å². The number of aliphatic imine (C=N–C) groups is 1. The third-order valence-electron chi connectivity index (χ3n) is 2.73. The summed E-state index contributed by atoms with van der Waals surface area (Å²) in [6.07, 6.45) is 5.61. The first-order valence-corrected chi connectivity index (χ1v) is 5.77. The summed E-state index contributed by atoms with van der Waals surface area (Å²) in [6.45, 7) is 1.07. The van der Waals surface area contributed by atoms with Gasteiger partial charge in [0.15, 0.2) is 5.17 Å².